The molecule has 8 amide bonds. The van der Waals surface area contributed by atoms with Crippen LogP contribution in [-0.2, 0) is 62.0 Å². The normalized spacial score (nSPS) is 27.7. The molecule has 15 atom stereocenters. The number of unbranched alkanes of at least 4 members (excludes halogenated alkanes) is 9. The van der Waals surface area contributed by atoms with Crippen molar-refractivity contribution in [1.29, 1.82) is 0 Å². The van der Waals surface area contributed by atoms with Gasteiger partial charge in [0.05, 0.1) is 31.5 Å². The van der Waals surface area contributed by atoms with E-state index in [1.807, 2.05) is 0 Å². The predicted octanol–water partition coefficient (Wildman–Crippen LogP) is -3.59. The molecule has 88 heavy (non-hydrogen) atoms. The van der Waals surface area contributed by atoms with Crippen LogP contribution < -0.4 is 43.0 Å². The first-order chi connectivity index (χ1) is 42.0. The monoisotopic (exact) mass is 1260 g/mol. The standard InChI is InChI=1S/C58H104N8O22/c1-35(70)63-47-39(31-38(32-67)50(78)53(47)81)84-28-13-7-4-10-25-60-43(74)19-22-58(66-46(77)18-16-17-42(59)73,23-20-44(75)61-26-11-5-8-14-29-85-56-48(64-36(2)71)54(82)51(79)40(33-68)87-56)24-21-45(76)62-27-12-6-9-15-30-86-57-49(65-37(3)72)55(83)52(80)41(34-69)88-57/h38-41,47-57,67-69,78-83H,4-34H2,1-3H3,(H2,59,73)(H,60,74)(H,61,75)(H,62,76)(H,63,70)(H,64,71)(H,65,72)(H,66,77). The maximum Gasteiger partial charge on any atom is 0.220 e. The molecule has 0 radical (unpaired) electrons. The highest BCUT2D eigenvalue weighted by Gasteiger charge is 2.47. The maximum absolute atomic E-state index is 13.6. The molecule has 30 nitrogen and oxygen atoms in total. The van der Waals surface area contributed by atoms with E-state index in [0.29, 0.717) is 96.9 Å². The smallest absolute Gasteiger partial charge is 0.220 e. The van der Waals surface area contributed by atoms with E-state index >= 15 is 0 Å². The molecule has 0 spiro atoms. The molecule has 0 aromatic rings. The largest absolute Gasteiger partial charge is 0.396 e. The Morgan fingerprint density at radius 2 is 0.818 bits per heavy atom. The minimum atomic E-state index is -1.44. The summed E-state index contributed by atoms with van der Waals surface area (Å²) in [4.78, 5) is 101. The topological polar surface area (TPSA) is 475 Å². The second-order valence-electron chi connectivity index (χ2n) is 23.3. The first-order valence-corrected chi connectivity index (χ1v) is 31.2. The molecule has 1 saturated carbocycles. The minimum absolute atomic E-state index is 0.0527. The molecule has 0 bridgehead atoms. The summed E-state index contributed by atoms with van der Waals surface area (Å²) in [6, 6.07) is -2.97. The van der Waals surface area contributed by atoms with Crippen LogP contribution in [0, 0.1) is 5.92 Å². The molecular weight excluding hydrogens is 1160 g/mol. The number of carbonyl (C=O) groups excluding carboxylic acids is 8. The number of primary amides is 1. The second kappa shape index (κ2) is 42.3. The Hall–Kier alpha value is -4.80. The van der Waals surface area contributed by atoms with E-state index in [1.165, 1.54) is 20.8 Å². The van der Waals surface area contributed by atoms with Crippen LogP contribution in [-0.4, -0.2) is 244 Å². The van der Waals surface area contributed by atoms with Crippen molar-refractivity contribution in [3.63, 3.8) is 0 Å². The van der Waals surface area contributed by atoms with Gasteiger partial charge in [0.2, 0.25) is 47.3 Å². The van der Waals surface area contributed by atoms with Crippen molar-refractivity contribution in [2.45, 2.75) is 253 Å². The zero-order valence-corrected chi connectivity index (χ0v) is 51.5. The van der Waals surface area contributed by atoms with Gasteiger partial charge < -0.3 is 113 Å². The maximum atomic E-state index is 13.6. The Labute approximate surface area is 515 Å². The lowest BCUT2D eigenvalue weighted by Gasteiger charge is -2.42. The van der Waals surface area contributed by atoms with Crippen LogP contribution in [0.3, 0.4) is 0 Å². The zero-order chi connectivity index (χ0) is 65.2. The molecule has 0 aromatic carbocycles. The van der Waals surface area contributed by atoms with Crippen LogP contribution in [0.2, 0.25) is 0 Å². The van der Waals surface area contributed by atoms with Gasteiger partial charge in [-0.05, 0) is 70.6 Å². The quantitative estimate of drug-likeness (QED) is 0.0262. The van der Waals surface area contributed by atoms with E-state index < -0.39 is 140 Å². The van der Waals surface area contributed by atoms with Crippen LogP contribution in [0.25, 0.3) is 0 Å². The number of ether oxygens (including phenoxy) is 5. The highest BCUT2D eigenvalue weighted by atomic mass is 16.7. The van der Waals surface area contributed by atoms with Crippen LogP contribution in [0.1, 0.15) is 162 Å². The van der Waals surface area contributed by atoms with Gasteiger partial charge in [-0.2, -0.15) is 0 Å². The van der Waals surface area contributed by atoms with Crippen LogP contribution >= 0.6 is 0 Å². The third kappa shape index (κ3) is 28.6. The molecule has 3 aliphatic rings. The molecule has 2 heterocycles. The first kappa shape index (κ1) is 77.4. The van der Waals surface area contributed by atoms with Crippen LogP contribution in [0.15, 0.2) is 0 Å². The van der Waals surface area contributed by atoms with Gasteiger partial charge in [-0.15, -0.1) is 0 Å². The predicted molar refractivity (Wildman–Crippen MR) is 313 cm³/mol. The van der Waals surface area contributed by atoms with E-state index in [2.05, 4.69) is 37.2 Å². The number of nitrogens with two attached hydrogens (primary N) is 1. The van der Waals surface area contributed by atoms with Crippen molar-refractivity contribution in [1.82, 2.24) is 37.2 Å². The SMILES string of the molecule is CC(=O)NC1C(OCCCCCCNC(=O)CCC(CCC(=O)NCCCCCCOC2OC(CO)C(O)C(O)C2NC(C)=O)(CCC(=O)NCCCCCCOC2OC(CO)C(O)C(O)C2NC(C)=O)NC(=O)CCCC(N)=O)CC(CO)C(O)C1O. The fraction of sp³-hybridized carbons (Fsp3) is 0.862. The van der Waals surface area contributed by atoms with Crippen molar-refractivity contribution in [2.24, 2.45) is 11.7 Å². The van der Waals surface area contributed by atoms with Gasteiger partial charge in [0, 0.05) is 110 Å². The van der Waals surface area contributed by atoms with Gasteiger partial charge in [-0.25, -0.2) is 0 Å². The van der Waals surface area contributed by atoms with Crippen molar-refractivity contribution in [3.8, 4) is 0 Å². The highest BCUT2D eigenvalue weighted by Crippen LogP contribution is 2.30. The van der Waals surface area contributed by atoms with Crippen LogP contribution in [0.4, 0.5) is 0 Å². The number of hydrogen-bond acceptors (Lipinski definition) is 22. The fourth-order valence-corrected chi connectivity index (χ4v) is 11.0. The molecule has 2 saturated heterocycles. The number of carbonyl (C=O) groups is 8. The highest BCUT2D eigenvalue weighted by molar-refractivity contribution is 5.81. The fourth-order valence-electron chi connectivity index (χ4n) is 11.0. The second-order valence-corrected chi connectivity index (χ2v) is 23.3. The van der Waals surface area contributed by atoms with E-state index in [9.17, 15) is 84.3 Å². The van der Waals surface area contributed by atoms with Crippen LogP contribution in [0.5, 0.6) is 0 Å². The number of aliphatic hydroxyl groups excluding tert-OH is 9. The summed E-state index contributed by atoms with van der Waals surface area (Å²) in [5, 5.41) is 111. The number of rotatable bonds is 44. The van der Waals surface area contributed by atoms with Gasteiger partial charge in [-0.1, -0.05) is 38.5 Å². The summed E-state index contributed by atoms with van der Waals surface area (Å²) in [5.74, 6) is -4.00. The molecule has 3 rings (SSSR count). The molecule has 3 fully saturated rings. The average Bonchev–Trinajstić information content (AvgIpc) is 1.73. The Bertz CT molecular complexity index is 1910. The summed E-state index contributed by atoms with van der Waals surface area (Å²) in [7, 11) is 0. The first-order valence-electron chi connectivity index (χ1n) is 31.2. The van der Waals surface area contributed by atoms with Crippen molar-refractivity contribution in [3.05, 3.63) is 0 Å². The lowest BCUT2D eigenvalue weighted by molar-refractivity contribution is -0.270. The molecule has 0 aromatic heterocycles. The number of amides is 8. The van der Waals surface area contributed by atoms with Gasteiger partial charge in [0.15, 0.2) is 12.6 Å². The van der Waals surface area contributed by atoms with Crippen molar-refractivity contribution >= 4 is 47.3 Å². The molecule has 1 aliphatic carbocycles. The summed E-state index contributed by atoms with van der Waals surface area (Å²) in [6.07, 6.45) is -5.57. The van der Waals surface area contributed by atoms with E-state index in [1.54, 1.807) is 0 Å². The van der Waals surface area contributed by atoms with E-state index in [0.717, 1.165) is 6.42 Å². The molecule has 2 aliphatic heterocycles. The van der Waals surface area contributed by atoms with E-state index in [4.69, 9.17) is 29.4 Å². The molecular formula is C58H104N8O22. The summed E-state index contributed by atoms with van der Waals surface area (Å²) in [5.41, 5.74) is 4.12. The van der Waals surface area contributed by atoms with Gasteiger partial charge in [0.25, 0.3) is 0 Å². The third-order valence-corrected chi connectivity index (χ3v) is 16.0. The van der Waals surface area contributed by atoms with Gasteiger partial charge in [-0.3, -0.25) is 38.4 Å². The lowest BCUT2D eigenvalue weighted by atomic mass is 9.79. The van der Waals surface area contributed by atoms with Gasteiger partial charge >= 0.3 is 0 Å². The minimum Gasteiger partial charge on any atom is -0.396 e. The third-order valence-electron chi connectivity index (χ3n) is 16.0. The zero-order valence-electron chi connectivity index (χ0n) is 51.5. The number of hydrogen-bond donors (Lipinski definition) is 17. The average molecular weight is 1270 g/mol. The van der Waals surface area contributed by atoms with Gasteiger partial charge in [0.1, 0.15) is 54.8 Å². The van der Waals surface area contributed by atoms with Crippen molar-refractivity contribution in [2.75, 3.05) is 59.3 Å². The summed E-state index contributed by atoms with van der Waals surface area (Å²) >= 11 is 0. The molecule has 18 N–H and O–H groups in total. The number of nitrogens with one attached hydrogen (secondary N) is 7. The molecule has 30 heteroatoms. The van der Waals surface area contributed by atoms with E-state index in [-0.39, 0.29) is 102 Å². The Morgan fingerprint density at radius 1 is 0.443 bits per heavy atom. The van der Waals surface area contributed by atoms with Crippen molar-refractivity contribution < 1.29 is 108 Å². The Balaban J connectivity index is 1.58. The molecule has 508 valence electrons. The number of aliphatic hydroxyl groups is 9. The summed E-state index contributed by atoms with van der Waals surface area (Å²) < 4.78 is 28.8. The Kier molecular flexibility index (Phi) is 37.2. The Morgan fingerprint density at radius 3 is 1.19 bits per heavy atom. The summed E-state index contributed by atoms with van der Waals surface area (Å²) in [6.45, 7) is 3.85. The molecule has 15 unspecified atom stereocenters. The lowest BCUT2D eigenvalue weighted by Crippen LogP contribution is -2.64.